The summed E-state index contributed by atoms with van der Waals surface area (Å²) >= 11 is 0. The van der Waals surface area contributed by atoms with Crippen molar-refractivity contribution in [1.82, 2.24) is 31.2 Å². The SMILES string of the molecule is CC(NC(=O)C1CCCN1)C(=O)NC(C(=O)NC(Cc1cnc[nH]1)C(=O)O)C(C)O. The number of nitrogens with one attached hydrogen (secondary N) is 5. The molecule has 0 radical (unpaired) electrons. The summed E-state index contributed by atoms with van der Waals surface area (Å²) in [6.45, 7) is 3.48. The van der Waals surface area contributed by atoms with Crippen molar-refractivity contribution in [3.05, 3.63) is 18.2 Å². The molecule has 2 rings (SSSR count). The molecule has 1 aliphatic heterocycles. The van der Waals surface area contributed by atoms with Crippen LogP contribution in [0.2, 0.25) is 0 Å². The molecule has 0 aromatic carbocycles. The van der Waals surface area contributed by atoms with E-state index in [1.165, 1.54) is 26.4 Å². The zero-order valence-electron chi connectivity index (χ0n) is 16.8. The van der Waals surface area contributed by atoms with Crippen molar-refractivity contribution < 1.29 is 29.4 Å². The first-order chi connectivity index (χ1) is 14.2. The number of nitrogens with zero attached hydrogens (tertiary/aromatic N) is 1. The third-order valence-electron chi connectivity index (χ3n) is 4.78. The number of imidazole rings is 1. The number of carboxylic acid groups (broad SMARTS) is 1. The number of amides is 3. The molecule has 0 spiro atoms. The van der Waals surface area contributed by atoms with E-state index in [0.717, 1.165) is 13.0 Å². The van der Waals surface area contributed by atoms with Crippen molar-refractivity contribution >= 4 is 23.7 Å². The smallest absolute Gasteiger partial charge is 0.326 e. The number of hydrogen-bond acceptors (Lipinski definition) is 7. The zero-order valence-corrected chi connectivity index (χ0v) is 16.8. The van der Waals surface area contributed by atoms with E-state index in [1.54, 1.807) is 0 Å². The monoisotopic (exact) mass is 424 g/mol. The lowest BCUT2D eigenvalue weighted by Crippen LogP contribution is -2.59. The molecule has 166 valence electrons. The maximum Gasteiger partial charge on any atom is 0.326 e. The number of carboxylic acids is 1. The van der Waals surface area contributed by atoms with Crippen molar-refractivity contribution in [3.8, 4) is 0 Å². The van der Waals surface area contributed by atoms with E-state index in [9.17, 15) is 29.4 Å². The molecular weight excluding hydrogens is 396 g/mol. The summed E-state index contributed by atoms with van der Waals surface area (Å²) in [7, 11) is 0. The number of aromatic nitrogens is 2. The van der Waals surface area contributed by atoms with E-state index in [-0.39, 0.29) is 18.4 Å². The molecule has 5 atom stereocenters. The molecule has 1 saturated heterocycles. The first-order valence-electron chi connectivity index (χ1n) is 9.71. The molecule has 12 heteroatoms. The van der Waals surface area contributed by atoms with Gasteiger partial charge >= 0.3 is 5.97 Å². The van der Waals surface area contributed by atoms with Crippen molar-refractivity contribution in [3.63, 3.8) is 0 Å². The highest BCUT2D eigenvalue weighted by molar-refractivity contribution is 5.94. The molecule has 1 aromatic rings. The molecule has 0 saturated carbocycles. The van der Waals surface area contributed by atoms with Gasteiger partial charge in [-0.05, 0) is 33.2 Å². The number of aliphatic hydroxyl groups excluding tert-OH is 1. The molecule has 12 nitrogen and oxygen atoms in total. The number of hydrogen-bond donors (Lipinski definition) is 7. The Hall–Kier alpha value is -2.99. The third-order valence-corrected chi connectivity index (χ3v) is 4.78. The van der Waals surface area contributed by atoms with Crippen LogP contribution in [0.4, 0.5) is 0 Å². The molecule has 30 heavy (non-hydrogen) atoms. The molecule has 0 bridgehead atoms. The number of rotatable bonds is 10. The molecule has 1 fully saturated rings. The fraction of sp³-hybridized carbons (Fsp3) is 0.611. The van der Waals surface area contributed by atoms with Crippen LogP contribution in [0.15, 0.2) is 12.5 Å². The number of aliphatic hydroxyl groups is 1. The topological polar surface area (TPSA) is 186 Å². The van der Waals surface area contributed by atoms with Crippen LogP contribution >= 0.6 is 0 Å². The van der Waals surface area contributed by atoms with Crippen LogP contribution in [0, 0.1) is 0 Å². The molecule has 3 amide bonds. The van der Waals surface area contributed by atoms with Gasteiger partial charge in [-0.15, -0.1) is 0 Å². The molecule has 1 aliphatic rings. The maximum atomic E-state index is 12.5. The van der Waals surface area contributed by atoms with E-state index in [2.05, 4.69) is 31.2 Å². The summed E-state index contributed by atoms with van der Waals surface area (Å²) in [6.07, 6.45) is 3.00. The maximum absolute atomic E-state index is 12.5. The largest absolute Gasteiger partial charge is 0.480 e. The summed E-state index contributed by atoms with van der Waals surface area (Å²) in [6, 6.07) is -4.00. The molecule has 1 aromatic heterocycles. The normalized spacial score (nSPS) is 19.9. The quantitative estimate of drug-likeness (QED) is 0.217. The summed E-state index contributed by atoms with van der Waals surface area (Å²) in [4.78, 5) is 55.1. The van der Waals surface area contributed by atoms with Crippen molar-refractivity contribution in [2.45, 2.75) is 63.4 Å². The van der Waals surface area contributed by atoms with E-state index < -0.39 is 42.0 Å². The average molecular weight is 424 g/mol. The van der Waals surface area contributed by atoms with Gasteiger partial charge in [0.15, 0.2) is 0 Å². The van der Waals surface area contributed by atoms with Crippen LogP contribution in [0.1, 0.15) is 32.4 Å². The van der Waals surface area contributed by atoms with Gasteiger partial charge in [-0.1, -0.05) is 0 Å². The highest BCUT2D eigenvalue weighted by Crippen LogP contribution is 2.05. The fourth-order valence-electron chi connectivity index (χ4n) is 3.05. The lowest BCUT2D eigenvalue weighted by molar-refractivity contribution is -0.143. The Morgan fingerprint density at radius 1 is 1.20 bits per heavy atom. The first kappa shape index (κ1) is 23.3. The van der Waals surface area contributed by atoms with Crippen molar-refractivity contribution in [1.29, 1.82) is 0 Å². The molecule has 5 unspecified atom stereocenters. The van der Waals surface area contributed by atoms with Gasteiger partial charge in [-0.25, -0.2) is 9.78 Å². The van der Waals surface area contributed by atoms with Crippen LogP contribution in [-0.2, 0) is 25.6 Å². The number of aliphatic carboxylic acids is 1. The Bertz CT molecular complexity index is 746. The Kier molecular flexibility index (Phi) is 8.30. The van der Waals surface area contributed by atoms with Gasteiger partial charge in [-0.2, -0.15) is 0 Å². The highest BCUT2D eigenvalue weighted by Gasteiger charge is 2.32. The van der Waals surface area contributed by atoms with Crippen LogP contribution in [0.25, 0.3) is 0 Å². The van der Waals surface area contributed by atoms with Gasteiger partial charge in [0.1, 0.15) is 18.1 Å². The van der Waals surface area contributed by atoms with E-state index >= 15 is 0 Å². The van der Waals surface area contributed by atoms with Crippen LogP contribution < -0.4 is 21.3 Å². The predicted molar refractivity (Wildman–Crippen MR) is 104 cm³/mol. The Labute approximate surface area is 173 Å². The lowest BCUT2D eigenvalue weighted by Gasteiger charge is -2.25. The fourth-order valence-corrected chi connectivity index (χ4v) is 3.05. The van der Waals surface area contributed by atoms with Gasteiger partial charge in [0, 0.05) is 18.3 Å². The van der Waals surface area contributed by atoms with Gasteiger partial charge in [0.05, 0.1) is 18.5 Å². The number of aromatic amines is 1. The minimum atomic E-state index is -1.40. The van der Waals surface area contributed by atoms with E-state index in [4.69, 9.17) is 0 Å². The zero-order chi connectivity index (χ0) is 22.3. The number of carbonyl (C=O) groups excluding carboxylic acids is 3. The molecule has 0 aliphatic carbocycles. The number of carbonyl (C=O) groups is 4. The van der Waals surface area contributed by atoms with Gasteiger partial charge in [-0.3, -0.25) is 14.4 Å². The first-order valence-corrected chi connectivity index (χ1v) is 9.71. The standard InChI is InChI=1S/C18H28N6O6/c1-9(22-16(27)12-4-3-5-20-12)15(26)24-14(10(2)25)17(28)23-13(18(29)30)6-11-7-19-8-21-11/h7-10,12-14,20,25H,3-6H2,1-2H3,(H,19,21)(H,22,27)(H,23,28)(H,24,26)(H,29,30). The van der Waals surface area contributed by atoms with Gasteiger partial charge in [0.25, 0.3) is 0 Å². The minimum absolute atomic E-state index is 0.0532. The minimum Gasteiger partial charge on any atom is -0.480 e. The lowest BCUT2D eigenvalue weighted by atomic mass is 10.1. The predicted octanol–water partition coefficient (Wildman–Crippen LogP) is -2.36. The van der Waals surface area contributed by atoms with E-state index in [0.29, 0.717) is 12.1 Å². The highest BCUT2D eigenvalue weighted by atomic mass is 16.4. The summed E-state index contributed by atoms with van der Waals surface area (Å²) in [5.41, 5.74) is 0.497. The van der Waals surface area contributed by atoms with Crippen LogP contribution in [-0.4, -0.2) is 80.7 Å². The van der Waals surface area contributed by atoms with Crippen LogP contribution in [0.5, 0.6) is 0 Å². The Morgan fingerprint density at radius 2 is 1.93 bits per heavy atom. The Balaban J connectivity index is 1.95. The van der Waals surface area contributed by atoms with Gasteiger partial charge < -0.3 is 36.5 Å². The molecule has 7 N–H and O–H groups in total. The summed E-state index contributed by atoms with van der Waals surface area (Å²) < 4.78 is 0. The third kappa shape index (κ3) is 6.52. The van der Waals surface area contributed by atoms with Crippen molar-refractivity contribution in [2.24, 2.45) is 0 Å². The second kappa shape index (κ2) is 10.7. The van der Waals surface area contributed by atoms with Gasteiger partial charge in [0.2, 0.25) is 17.7 Å². The van der Waals surface area contributed by atoms with Crippen LogP contribution in [0.3, 0.4) is 0 Å². The average Bonchev–Trinajstić information content (AvgIpc) is 3.38. The second-order valence-electron chi connectivity index (χ2n) is 7.29. The Morgan fingerprint density at radius 3 is 2.47 bits per heavy atom. The van der Waals surface area contributed by atoms with Crippen molar-refractivity contribution in [2.75, 3.05) is 6.54 Å². The number of H-pyrrole nitrogens is 1. The molecule has 2 heterocycles. The van der Waals surface area contributed by atoms with E-state index in [1.807, 2.05) is 0 Å². The summed E-state index contributed by atoms with van der Waals surface area (Å²) in [5.74, 6) is -3.14. The molecular formula is C18H28N6O6. The summed E-state index contributed by atoms with van der Waals surface area (Å²) in [5, 5.41) is 29.6. The second-order valence-corrected chi connectivity index (χ2v) is 7.29.